The summed E-state index contributed by atoms with van der Waals surface area (Å²) in [5.41, 5.74) is 2.64. The molecule has 1 saturated heterocycles. The largest absolute Gasteiger partial charge is 0.371 e. The molecule has 5 nitrogen and oxygen atoms in total. The van der Waals surface area contributed by atoms with Gasteiger partial charge in [-0.25, -0.2) is 15.0 Å². The minimum absolute atomic E-state index is 0.462. The molecule has 0 atom stereocenters. The number of benzene rings is 1. The van der Waals surface area contributed by atoms with Crippen LogP contribution < -0.4 is 10.2 Å². The van der Waals surface area contributed by atoms with E-state index in [0.29, 0.717) is 5.92 Å². The molecule has 0 radical (unpaired) electrons. The summed E-state index contributed by atoms with van der Waals surface area (Å²) in [7, 11) is 0. The predicted octanol–water partition coefficient (Wildman–Crippen LogP) is 4.41. The van der Waals surface area contributed by atoms with Gasteiger partial charge in [-0.2, -0.15) is 0 Å². The summed E-state index contributed by atoms with van der Waals surface area (Å²) in [6, 6.07) is 8.52. The molecular formula is C20H23N5. The second-order valence-corrected chi connectivity index (χ2v) is 6.90. The van der Waals surface area contributed by atoms with Crippen molar-refractivity contribution in [3.63, 3.8) is 0 Å². The van der Waals surface area contributed by atoms with Gasteiger partial charge >= 0.3 is 0 Å². The van der Waals surface area contributed by atoms with Crippen molar-refractivity contribution in [1.29, 1.82) is 0 Å². The maximum absolute atomic E-state index is 4.64. The summed E-state index contributed by atoms with van der Waals surface area (Å²) in [5, 5.41) is 5.80. The van der Waals surface area contributed by atoms with Gasteiger partial charge in [-0.15, -0.1) is 0 Å². The molecular weight excluding hydrogens is 310 g/mol. The van der Waals surface area contributed by atoms with E-state index in [1.807, 2.05) is 19.2 Å². The lowest BCUT2D eigenvalue weighted by atomic mass is 9.95. The maximum Gasteiger partial charge on any atom is 0.135 e. The Labute approximate surface area is 148 Å². The van der Waals surface area contributed by atoms with Crippen LogP contribution in [0.4, 0.5) is 17.3 Å². The Bertz CT molecular complexity index is 915. The van der Waals surface area contributed by atoms with Crippen molar-refractivity contribution < 1.29 is 0 Å². The number of aryl methyl sites for hydroxylation is 1. The van der Waals surface area contributed by atoms with Crippen molar-refractivity contribution >= 4 is 28.1 Å². The summed E-state index contributed by atoms with van der Waals surface area (Å²) in [4.78, 5) is 15.6. The molecule has 0 spiro atoms. The van der Waals surface area contributed by atoms with Crippen LogP contribution in [-0.4, -0.2) is 28.0 Å². The summed E-state index contributed by atoms with van der Waals surface area (Å²) in [6.07, 6.45) is 5.02. The van der Waals surface area contributed by atoms with Crippen LogP contribution in [0.3, 0.4) is 0 Å². The number of fused-ring (bicyclic) bond motifs is 1. The fourth-order valence-corrected chi connectivity index (χ4v) is 3.31. The number of nitrogens with one attached hydrogen (secondary N) is 1. The second-order valence-electron chi connectivity index (χ2n) is 6.90. The van der Waals surface area contributed by atoms with Crippen molar-refractivity contribution in [2.24, 2.45) is 0 Å². The van der Waals surface area contributed by atoms with E-state index < -0.39 is 0 Å². The van der Waals surface area contributed by atoms with E-state index in [-0.39, 0.29) is 0 Å². The maximum atomic E-state index is 4.64. The molecule has 1 aliphatic rings. The first kappa shape index (κ1) is 15.8. The van der Waals surface area contributed by atoms with Crippen LogP contribution in [0, 0.1) is 6.92 Å². The van der Waals surface area contributed by atoms with Gasteiger partial charge in [-0.3, -0.25) is 0 Å². The Hall–Kier alpha value is -2.69. The highest BCUT2D eigenvalue weighted by Gasteiger charge is 2.19. The minimum Gasteiger partial charge on any atom is -0.371 e. The van der Waals surface area contributed by atoms with Gasteiger partial charge < -0.3 is 10.2 Å². The zero-order valence-electron chi connectivity index (χ0n) is 15.0. The Kier molecular flexibility index (Phi) is 3.99. The van der Waals surface area contributed by atoms with Gasteiger partial charge in [0, 0.05) is 36.6 Å². The zero-order chi connectivity index (χ0) is 17.4. The molecule has 1 aromatic carbocycles. The van der Waals surface area contributed by atoms with Gasteiger partial charge in [-0.1, -0.05) is 19.9 Å². The van der Waals surface area contributed by atoms with E-state index >= 15 is 0 Å². The molecule has 0 bridgehead atoms. The van der Waals surface area contributed by atoms with Crippen molar-refractivity contribution in [3.8, 4) is 0 Å². The Morgan fingerprint density at radius 2 is 1.88 bits per heavy atom. The second kappa shape index (κ2) is 6.31. The molecule has 128 valence electrons. The Morgan fingerprint density at radius 1 is 1.04 bits per heavy atom. The highest BCUT2D eigenvalue weighted by atomic mass is 15.2. The molecule has 3 heterocycles. The number of hydrogen-bond donors (Lipinski definition) is 1. The first-order valence-electron chi connectivity index (χ1n) is 8.86. The van der Waals surface area contributed by atoms with E-state index in [1.165, 1.54) is 28.4 Å². The van der Waals surface area contributed by atoms with Crippen LogP contribution in [0.2, 0.25) is 0 Å². The van der Waals surface area contributed by atoms with Crippen LogP contribution in [-0.2, 0) is 0 Å². The molecule has 0 aliphatic carbocycles. The average molecular weight is 333 g/mol. The number of aromatic nitrogens is 3. The average Bonchev–Trinajstić information content (AvgIpc) is 2.53. The molecule has 5 heteroatoms. The third-order valence-electron chi connectivity index (χ3n) is 4.76. The fraction of sp³-hybridized carbons (Fsp3) is 0.350. The molecule has 1 fully saturated rings. The number of pyridine rings is 1. The van der Waals surface area contributed by atoms with E-state index in [4.69, 9.17) is 0 Å². The predicted molar refractivity (Wildman–Crippen MR) is 103 cm³/mol. The van der Waals surface area contributed by atoms with Crippen LogP contribution >= 0.6 is 0 Å². The summed E-state index contributed by atoms with van der Waals surface area (Å²) in [6.45, 7) is 8.63. The molecule has 3 aromatic rings. The molecule has 1 N–H and O–H groups in total. The van der Waals surface area contributed by atoms with Crippen LogP contribution in [0.1, 0.15) is 37.6 Å². The van der Waals surface area contributed by atoms with Gasteiger partial charge in [0.2, 0.25) is 0 Å². The number of rotatable bonds is 4. The number of anilines is 3. The lowest BCUT2D eigenvalue weighted by Gasteiger charge is -2.34. The van der Waals surface area contributed by atoms with Gasteiger partial charge in [0.05, 0.1) is 0 Å². The normalized spacial score (nSPS) is 14.0. The molecule has 0 amide bonds. The zero-order valence-corrected chi connectivity index (χ0v) is 15.0. The molecule has 2 aromatic heterocycles. The Balaban J connectivity index is 1.78. The van der Waals surface area contributed by atoms with Crippen LogP contribution in [0.5, 0.6) is 0 Å². The molecule has 4 rings (SSSR count). The van der Waals surface area contributed by atoms with E-state index in [2.05, 4.69) is 57.2 Å². The highest BCUT2D eigenvalue weighted by Crippen LogP contribution is 2.35. The third-order valence-corrected chi connectivity index (χ3v) is 4.76. The monoisotopic (exact) mass is 333 g/mol. The Morgan fingerprint density at radius 3 is 2.56 bits per heavy atom. The van der Waals surface area contributed by atoms with Crippen LogP contribution in [0.25, 0.3) is 10.8 Å². The van der Waals surface area contributed by atoms with Gasteiger partial charge in [0.15, 0.2) is 0 Å². The third kappa shape index (κ3) is 3.02. The molecule has 0 unspecified atom stereocenters. The molecule has 1 aliphatic heterocycles. The SMILES string of the molecule is Cc1nccc(Nc2cc3c(C(C)C)ccc(N4CCC4)c3cn2)n1. The van der Waals surface area contributed by atoms with E-state index in [9.17, 15) is 0 Å². The number of nitrogens with zero attached hydrogens (tertiary/aromatic N) is 4. The summed E-state index contributed by atoms with van der Waals surface area (Å²) >= 11 is 0. The number of hydrogen-bond acceptors (Lipinski definition) is 5. The highest BCUT2D eigenvalue weighted by molar-refractivity contribution is 5.98. The quantitative estimate of drug-likeness (QED) is 0.766. The fourth-order valence-electron chi connectivity index (χ4n) is 3.31. The molecule has 25 heavy (non-hydrogen) atoms. The van der Waals surface area contributed by atoms with Gasteiger partial charge in [0.1, 0.15) is 17.5 Å². The van der Waals surface area contributed by atoms with Crippen LogP contribution in [0.15, 0.2) is 36.7 Å². The summed E-state index contributed by atoms with van der Waals surface area (Å²) in [5.74, 6) is 2.79. The van der Waals surface area contributed by atoms with Gasteiger partial charge in [-0.05, 0) is 48.4 Å². The van der Waals surface area contributed by atoms with Crippen molar-refractivity contribution in [2.75, 3.05) is 23.3 Å². The standard InChI is InChI=1S/C20H23N5/c1-13(2)15-5-6-18(25-9-4-10-25)17-12-22-20(11-16(15)17)24-19-7-8-21-14(3)23-19/h5-8,11-13H,4,9-10H2,1-3H3,(H,21,22,23,24). The first-order chi connectivity index (χ1) is 12.1. The lowest BCUT2D eigenvalue weighted by molar-refractivity contribution is 0.619. The van der Waals surface area contributed by atoms with E-state index in [0.717, 1.165) is 30.5 Å². The minimum atomic E-state index is 0.462. The van der Waals surface area contributed by atoms with Crippen molar-refractivity contribution in [1.82, 2.24) is 15.0 Å². The smallest absolute Gasteiger partial charge is 0.135 e. The first-order valence-corrected chi connectivity index (χ1v) is 8.86. The van der Waals surface area contributed by atoms with Crippen molar-refractivity contribution in [2.45, 2.75) is 33.1 Å². The van der Waals surface area contributed by atoms with E-state index in [1.54, 1.807) is 6.20 Å². The van der Waals surface area contributed by atoms with Gasteiger partial charge in [0.25, 0.3) is 0 Å². The molecule has 0 saturated carbocycles. The lowest BCUT2D eigenvalue weighted by Crippen LogP contribution is -2.37. The van der Waals surface area contributed by atoms with Crippen molar-refractivity contribution in [3.05, 3.63) is 48.0 Å². The summed E-state index contributed by atoms with van der Waals surface area (Å²) < 4.78 is 0. The topological polar surface area (TPSA) is 53.9 Å².